The molecule has 0 aliphatic rings. The first kappa shape index (κ1) is 10.1. The van der Waals surface area contributed by atoms with Crippen LogP contribution in [0.4, 0.5) is 0 Å². The molecule has 0 aromatic heterocycles. The molecule has 0 aromatic carbocycles. The predicted molar refractivity (Wildman–Crippen MR) is 44.0 cm³/mol. The van der Waals surface area contributed by atoms with Crippen LogP contribution in [-0.4, -0.2) is 16.8 Å². The van der Waals surface area contributed by atoms with E-state index in [0.717, 1.165) is 0 Å². The molecule has 2 N–H and O–H groups in total. The Morgan fingerprint density at radius 2 is 2.09 bits per heavy atom. The van der Waals surface area contributed by atoms with Gasteiger partial charge in [0.2, 0.25) is 0 Å². The molecular formula is C8H15NO2. The van der Waals surface area contributed by atoms with Gasteiger partial charge in [0.15, 0.2) is 0 Å². The highest BCUT2D eigenvalue weighted by Crippen LogP contribution is 2.16. The van der Waals surface area contributed by atoms with Gasteiger partial charge in [-0.15, -0.1) is 0 Å². The quantitative estimate of drug-likeness (QED) is 0.611. The van der Waals surface area contributed by atoms with Crippen LogP contribution in [-0.2, 0) is 4.79 Å². The highest BCUT2D eigenvalue weighted by atomic mass is 16.4. The van der Waals surface area contributed by atoms with E-state index in [0.29, 0.717) is 12.1 Å². The Kier molecular flexibility index (Phi) is 3.79. The summed E-state index contributed by atoms with van der Waals surface area (Å²) in [5.41, 5.74) is 0.444. The van der Waals surface area contributed by atoms with Crippen LogP contribution < -0.4 is 0 Å². The summed E-state index contributed by atoms with van der Waals surface area (Å²) in [6, 6.07) is 0. The lowest BCUT2D eigenvalue weighted by Gasteiger charge is -2.16. The largest absolute Gasteiger partial charge is 0.481 e. The second-order valence-corrected chi connectivity index (χ2v) is 2.82. The Morgan fingerprint density at radius 1 is 1.64 bits per heavy atom. The maximum atomic E-state index is 10.6. The van der Waals surface area contributed by atoms with Gasteiger partial charge in [0.1, 0.15) is 0 Å². The third kappa shape index (κ3) is 2.70. The van der Waals surface area contributed by atoms with Crippen molar-refractivity contribution in [1.29, 1.82) is 5.41 Å². The number of carboxylic acids is 1. The van der Waals surface area contributed by atoms with Gasteiger partial charge in [-0.05, 0) is 13.3 Å². The number of nitrogens with one attached hydrogen (secondary N) is 1. The van der Waals surface area contributed by atoms with Gasteiger partial charge in [0, 0.05) is 11.6 Å². The van der Waals surface area contributed by atoms with Crippen LogP contribution in [0.2, 0.25) is 0 Å². The number of hydrogen-bond donors (Lipinski definition) is 2. The smallest absolute Gasteiger partial charge is 0.307 e. The Labute approximate surface area is 66.9 Å². The van der Waals surface area contributed by atoms with Crippen molar-refractivity contribution in [2.75, 3.05) is 0 Å². The molecule has 0 bridgehead atoms. The average Bonchev–Trinajstić information content (AvgIpc) is 1.88. The highest BCUT2D eigenvalue weighted by Gasteiger charge is 2.23. The molecule has 11 heavy (non-hydrogen) atoms. The first-order valence-corrected chi connectivity index (χ1v) is 3.78. The molecule has 0 saturated heterocycles. The molecule has 0 amide bonds. The molecule has 0 spiro atoms. The molecule has 0 aliphatic carbocycles. The monoisotopic (exact) mass is 157 g/mol. The molecule has 2 unspecified atom stereocenters. The van der Waals surface area contributed by atoms with Gasteiger partial charge >= 0.3 is 5.97 Å². The summed E-state index contributed by atoms with van der Waals surface area (Å²) in [7, 11) is 0. The fraction of sp³-hybridized carbons (Fsp3) is 0.750. The van der Waals surface area contributed by atoms with E-state index in [1.807, 2.05) is 6.92 Å². The number of carboxylic acid groups (broad SMARTS) is 1. The van der Waals surface area contributed by atoms with E-state index >= 15 is 0 Å². The topological polar surface area (TPSA) is 61.1 Å². The molecule has 0 rings (SSSR count). The molecule has 0 radical (unpaired) electrons. The normalized spacial score (nSPS) is 15.5. The van der Waals surface area contributed by atoms with Crippen molar-refractivity contribution in [2.24, 2.45) is 11.8 Å². The van der Waals surface area contributed by atoms with Crippen LogP contribution in [0.1, 0.15) is 27.2 Å². The molecule has 3 heteroatoms. The van der Waals surface area contributed by atoms with E-state index in [1.54, 1.807) is 13.8 Å². The minimum absolute atomic E-state index is 0.141. The number of aliphatic carboxylic acids is 1. The summed E-state index contributed by atoms with van der Waals surface area (Å²) in [5.74, 6) is -1.34. The van der Waals surface area contributed by atoms with Gasteiger partial charge < -0.3 is 10.5 Å². The van der Waals surface area contributed by atoms with Crippen molar-refractivity contribution < 1.29 is 9.90 Å². The average molecular weight is 157 g/mol. The predicted octanol–water partition coefficient (Wildman–Crippen LogP) is 1.77. The Morgan fingerprint density at radius 3 is 2.18 bits per heavy atom. The lowest BCUT2D eigenvalue weighted by Crippen LogP contribution is -2.25. The van der Waals surface area contributed by atoms with E-state index in [4.69, 9.17) is 10.5 Å². The molecule has 0 heterocycles. The molecule has 64 valence electrons. The summed E-state index contributed by atoms with van der Waals surface area (Å²) in [6.07, 6.45) is 0.590. The number of hydrogen-bond acceptors (Lipinski definition) is 2. The highest BCUT2D eigenvalue weighted by molar-refractivity contribution is 5.86. The zero-order valence-electron chi connectivity index (χ0n) is 7.22. The second kappa shape index (κ2) is 4.11. The zero-order valence-corrected chi connectivity index (χ0v) is 7.22. The minimum atomic E-state index is -0.799. The zero-order chi connectivity index (χ0) is 9.02. The van der Waals surface area contributed by atoms with Crippen molar-refractivity contribution in [3.63, 3.8) is 0 Å². The number of rotatable bonds is 4. The van der Waals surface area contributed by atoms with Crippen LogP contribution in [0.5, 0.6) is 0 Å². The van der Waals surface area contributed by atoms with Crippen LogP contribution in [0.25, 0.3) is 0 Å². The van der Waals surface area contributed by atoms with Crippen LogP contribution >= 0.6 is 0 Å². The van der Waals surface area contributed by atoms with Gasteiger partial charge in [-0.2, -0.15) is 0 Å². The van der Waals surface area contributed by atoms with Crippen molar-refractivity contribution in [1.82, 2.24) is 0 Å². The van der Waals surface area contributed by atoms with Crippen molar-refractivity contribution in [3.8, 4) is 0 Å². The fourth-order valence-electron chi connectivity index (χ4n) is 1.04. The van der Waals surface area contributed by atoms with Crippen molar-refractivity contribution in [2.45, 2.75) is 27.2 Å². The van der Waals surface area contributed by atoms with Gasteiger partial charge in [-0.1, -0.05) is 13.8 Å². The van der Waals surface area contributed by atoms with Crippen LogP contribution in [0.15, 0.2) is 0 Å². The van der Waals surface area contributed by atoms with Gasteiger partial charge in [0.25, 0.3) is 0 Å². The lowest BCUT2D eigenvalue weighted by atomic mass is 9.88. The first-order valence-electron chi connectivity index (χ1n) is 3.78. The van der Waals surface area contributed by atoms with Crippen LogP contribution in [0.3, 0.4) is 0 Å². The summed E-state index contributed by atoms with van der Waals surface area (Å²) in [5, 5.41) is 16.0. The Bertz CT molecular complexity index is 165. The van der Waals surface area contributed by atoms with Crippen molar-refractivity contribution in [3.05, 3.63) is 0 Å². The summed E-state index contributed by atoms with van der Waals surface area (Å²) < 4.78 is 0. The number of carbonyl (C=O) groups is 1. The fourth-order valence-corrected chi connectivity index (χ4v) is 1.04. The molecule has 3 nitrogen and oxygen atoms in total. The summed E-state index contributed by atoms with van der Waals surface area (Å²) in [4.78, 5) is 10.6. The molecular weight excluding hydrogens is 142 g/mol. The van der Waals surface area contributed by atoms with Gasteiger partial charge in [-0.25, -0.2) is 0 Å². The maximum Gasteiger partial charge on any atom is 0.307 e. The Balaban J connectivity index is 4.25. The molecule has 0 aromatic rings. The standard InChI is InChI=1S/C8H15NO2/c1-4-7(8(10)11)5(2)6(3)9/h5,7,9H,4H2,1-3H3,(H,10,11). The van der Waals surface area contributed by atoms with Crippen molar-refractivity contribution >= 4 is 11.7 Å². The lowest BCUT2D eigenvalue weighted by molar-refractivity contribution is -0.142. The van der Waals surface area contributed by atoms with E-state index in [-0.39, 0.29) is 5.92 Å². The Hall–Kier alpha value is -0.860. The summed E-state index contributed by atoms with van der Waals surface area (Å²) >= 11 is 0. The molecule has 2 atom stereocenters. The van der Waals surface area contributed by atoms with E-state index in [9.17, 15) is 4.79 Å². The third-order valence-electron chi connectivity index (χ3n) is 2.04. The van der Waals surface area contributed by atoms with Gasteiger partial charge in [0.05, 0.1) is 5.92 Å². The SMILES string of the molecule is CCC(C(=O)O)C(C)C(C)=N. The van der Waals surface area contributed by atoms with Crippen LogP contribution in [0, 0.1) is 17.2 Å². The van der Waals surface area contributed by atoms with Gasteiger partial charge in [-0.3, -0.25) is 4.79 Å². The first-order chi connectivity index (χ1) is 5.00. The molecule has 0 saturated carbocycles. The minimum Gasteiger partial charge on any atom is -0.481 e. The third-order valence-corrected chi connectivity index (χ3v) is 2.04. The van der Waals surface area contributed by atoms with E-state index in [1.165, 1.54) is 0 Å². The molecule has 0 aliphatic heterocycles. The molecule has 0 fully saturated rings. The van der Waals surface area contributed by atoms with E-state index < -0.39 is 11.9 Å². The second-order valence-electron chi connectivity index (χ2n) is 2.82. The summed E-state index contributed by atoms with van der Waals surface area (Å²) in [6.45, 7) is 5.26. The maximum absolute atomic E-state index is 10.6. The van der Waals surface area contributed by atoms with E-state index in [2.05, 4.69) is 0 Å².